The van der Waals surface area contributed by atoms with Crippen molar-refractivity contribution in [2.45, 2.75) is 38.3 Å². The summed E-state index contributed by atoms with van der Waals surface area (Å²) in [6.07, 6.45) is 3.75. The minimum Gasteiger partial charge on any atom is -0.351 e. The Balaban J connectivity index is 1.77. The molecule has 0 radical (unpaired) electrons. The first-order valence-electron chi connectivity index (χ1n) is 5.92. The summed E-state index contributed by atoms with van der Waals surface area (Å²) >= 11 is 7.34. The molecule has 0 atom stereocenters. The largest absolute Gasteiger partial charge is 0.351 e. The van der Waals surface area contributed by atoms with Gasteiger partial charge in [-0.3, -0.25) is 4.79 Å². The molecular weight excluding hydrogens is 256 g/mol. The topological polar surface area (TPSA) is 55.1 Å². The first kappa shape index (κ1) is 12.9. The van der Waals surface area contributed by atoms with Crippen molar-refractivity contribution >= 4 is 28.8 Å². The lowest BCUT2D eigenvalue weighted by molar-refractivity contribution is -0.126. The van der Waals surface area contributed by atoms with Gasteiger partial charge in [-0.25, -0.2) is 0 Å². The number of rotatable bonds is 3. The van der Waals surface area contributed by atoms with Crippen LogP contribution >= 0.6 is 22.9 Å². The molecule has 5 heteroatoms. The van der Waals surface area contributed by atoms with Gasteiger partial charge in [-0.2, -0.15) is 0 Å². The molecule has 94 valence electrons. The average molecular weight is 273 g/mol. The van der Waals surface area contributed by atoms with Crippen molar-refractivity contribution in [1.29, 1.82) is 0 Å². The van der Waals surface area contributed by atoms with Crippen molar-refractivity contribution in [1.82, 2.24) is 5.32 Å². The lowest BCUT2D eigenvalue weighted by atomic mass is 9.86. The molecule has 3 nitrogen and oxygen atoms in total. The van der Waals surface area contributed by atoms with E-state index in [2.05, 4.69) is 5.32 Å². The highest BCUT2D eigenvalue weighted by molar-refractivity contribution is 7.16. The molecule has 1 fully saturated rings. The van der Waals surface area contributed by atoms with Crippen molar-refractivity contribution in [2.24, 2.45) is 11.7 Å². The van der Waals surface area contributed by atoms with Gasteiger partial charge in [-0.1, -0.05) is 11.6 Å². The second kappa shape index (κ2) is 5.85. The van der Waals surface area contributed by atoms with Crippen LogP contribution in [0.2, 0.25) is 4.34 Å². The molecular formula is C12H17ClN2OS. The Labute approximate surface area is 110 Å². The summed E-state index contributed by atoms with van der Waals surface area (Å²) in [6.45, 7) is 0.582. The molecule has 1 saturated carbocycles. The predicted octanol–water partition coefficient (Wildman–Crippen LogP) is 2.54. The molecule has 0 aromatic carbocycles. The molecule has 1 heterocycles. The zero-order valence-electron chi connectivity index (χ0n) is 9.62. The van der Waals surface area contributed by atoms with Crippen LogP contribution in [0.5, 0.6) is 0 Å². The second-order valence-electron chi connectivity index (χ2n) is 4.54. The summed E-state index contributed by atoms with van der Waals surface area (Å²) in [5.74, 6) is 0.298. The number of hydrogen-bond acceptors (Lipinski definition) is 3. The monoisotopic (exact) mass is 272 g/mol. The van der Waals surface area contributed by atoms with Crippen LogP contribution in [-0.2, 0) is 11.3 Å². The lowest BCUT2D eigenvalue weighted by Gasteiger charge is -2.25. The number of nitrogens with one attached hydrogen (secondary N) is 1. The van der Waals surface area contributed by atoms with Gasteiger partial charge in [0.15, 0.2) is 0 Å². The second-order valence-corrected chi connectivity index (χ2v) is 6.33. The molecule has 1 aromatic rings. The van der Waals surface area contributed by atoms with E-state index in [0.29, 0.717) is 6.54 Å². The van der Waals surface area contributed by atoms with Gasteiger partial charge in [0.25, 0.3) is 0 Å². The fourth-order valence-electron chi connectivity index (χ4n) is 2.15. The Morgan fingerprint density at radius 3 is 2.71 bits per heavy atom. The van der Waals surface area contributed by atoms with Crippen molar-refractivity contribution in [3.63, 3.8) is 0 Å². The van der Waals surface area contributed by atoms with E-state index in [9.17, 15) is 4.79 Å². The van der Waals surface area contributed by atoms with E-state index in [1.165, 1.54) is 11.3 Å². The first-order valence-corrected chi connectivity index (χ1v) is 7.12. The third-order valence-corrected chi connectivity index (χ3v) is 4.44. The van der Waals surface area contributed by atoms with Gasteiger partial charge in [0, 0.05) is 16.8 Å². The Kier molecular flexibility index (Phi) is 4.42. The molecule has 0 saturated heterocycles. The summed E-state index contributed by atoms with van der Waals surface area (Å²) in [7, 11) is 0. The van der Waals surface area contributed by atoms with E-state index >= 15 is 0 Å². The van der Waals surface area contributed by atoms with Crippen LogP contribution in [0.25, 0.3) is 0 Å². The zero-order chi connectivity index (χ0) is 12.3. The molecule has 1 aromatic heterocycles. The number of nitrogens with two attached hydrogens (primary N) is 1. The molecule has 0 unspecified atom stereocenters. The van der Waals surface area contributed by atoms with E-state index in [-0.39, 0.29) is 17.9 Å². The number of hydrogen-bond donors (Lipinski definition) is 2. The van der Waals surface area contributed by atoms with Gasteiger partial charge in [-0.15, -0.1) is 11.3 Å². The number of amides is 1. The number of carbonyl (C=O) groups is 1. The first-order chi connectivity index (χ1) is 8.15. The van der Waals surface area contributed by atoms with Gasteiger partial charge in [0.2, 0.25) is 5.91 Å². The van der Waals surface area contributed by atoms with E-state index in [1.807, 2.05) is 12.1 Å². The Morgan fingerprint density at radius 2 is 2.12 bits per heavy atom. The SMILES string of the molecule is NC1CCC(C(=O)NCc2ccc(Cl)s2)CC1. The molecule has 1 aliphatic carbocycles. The molecule has 17 heavy (non-hydrogen) atoms. The van der Waals surface area contributed by atoms with Gasteiger partial charge >= 0.3 is 0 Å². The number of carbonyl (C=O) groups excluding carboxylic acids is 1. The predicted molar refractivity (Wildman–Crippen MR) is 71.1 cm³/mol. The van der Waals surface area contributed by atoms with E-state index in [4.69, 9.17) is 17.3 Å². The van der Waals surface area contributed by atoms with Crippen molar-refractivity contribution in [3.8, 4) is 0 Å². The zero-order valence-corrected chi connectivity index (χ0v) is 11.2. The molecule has 2 rings (SSSR count). The maximum absolute atomic E-state index is 11.9. The van der Waals surface area contributed by atoms with Crippen LogP contribution in [0.15, 0.2) is 12.1 Å². The molecule has 3 N–H and O–H groups in total. The molecule has 0 bridgehead atoms. The van der Waals surface area contributed by atoms with E-state index in [0.717, 1.165) is 34.9 Å². The minimum absolute atomic E-state index is 0.144. The molecule has 0 spiro atoms. The normalized spacial score (nSPS) is 24.6. The Bertz CT molecular complexity index is 386. The van der Waals surface area contributed by atoms with Crippen molar-refractivity contribution in [3.05, 3.63) is 21.3 Å². The van der Waals surface area contributed by atoms with Gasteiger partial charge < -0.3 is 11.1 Å². The summed E-state index contributed by atoms with van der Waals surface area (Å²) in [5, 5.41) is 2.97. The smallest absolute Gasteiger partial charge is 0.223 e. The fourth-order valence-corrected chi connectivity index (χ4v) is 3.17. The maximum Gasteiger partial charge on any atom is 0.223 e. The van der Waals surface area contributed by atoms with Gasteiger partial charge in [-0.05, 0) is 37.8 Å². The van der Waals surface area contributed by atoms with Crippen LogP contribution in [-0.4, -0.2) is 11.9 Å². The van der Waals surface area contributed by atoms with Gasteiger partial charge in [0.1, 0.15) is 0 Å². The summed E-state index contributed by atoms with van der Waals surface area (Å²) in [6, 6.07) is 4.09. The minimum atomic E-state index is 0.144. The quantitative estimate of drug-likeness (QED) is 0.888. The third kappa shape index (κ3) is 3.69. The summed E-state index contributed by atoms with van der Waals surface area (Å²) in [5.41, 5.74) is 5.82. The highest BCUT2D eigenvalue weighted by Gasteiger charge is 2.24. The molecule has 1 aliphatic rings. The number of halogens is 1. The third-order valence-electron chi connectivity index (χ3n) is 3.21. The van der Waals surface area contributed by atoms with Crippen LogP contribution in [0.4, 0.5) is 0 Å². The highest BCUT2D eigenvalue weighted by Crippen LogP contribution is 2.24. The van der Waals surface area contributed by atoms with Crippen LogP contribution in [0.1, 0.15) is 30.6 Å². The maximum atomic E-state index is 11.9. The average Bonchev–Trinajstić information content (AvgIpc) is 2.73. The van der Waals surface area contributed by atoms with Crippen LogP contribution in [0, 0.1) is 5.92 Å². The lowest BCUT2D eigenvalue weighted by Crippen LogP contribution is -2.35. The fraction of sp³-hybridized carbons (Fsp3) is 0.583. The van der Waals surface area contributed by atoms with E-state index < -0.39 is 0 Å². The highest BCUT2D eigenvalue weighted by atomic mass is 35.5. The molecule has 0 aliphatic heterocycles. The summed E-state index contributed by atoms with van der Waals surface area (Å²) in [4.78, 5) is 13.0. The van der Waals surface area contributed by atoms with Gasteiger partial charge in [0.05, 0.1) is 10.9 Å². The Hall–Kier alpha value is -0.580. The standard InChI is InChI=1S/C12H17ClN2OS/c13-11-6-5-10(17-11)7-15-12(16)8-1-3-9(14)4-2-8/h5-6,8-9H,1-4,7,14H2,(H,15,16). The van der Waals surface area contributed by atoms with E-state index in [1.54, 1.807) is 0 Å². The Morgan fingerprint density at radius 1 is 1.41 bits per heavy atom. The van der Waals surface area contributed by atoms with Crippen LogP contribution in [0.3, 0.4) is 0 Å². The molecule has 1 amide bonds. The number of thiophene rings is 1. The van der Waals surface area contributed by atoms with Crippen molar-refractivity contribution < 1.29 is 4.79 Å². The van der Waals surface area contributed by atoms with Crippen molar-refractivity contribution in [2.75, 3.05) is 0 Å². The van der Waals surface area contributed by atoms with Crippen LogP contribution < -0.4 is 11.1 Å². The summed E-state index contributed by atoms with van der Waals surface area (Å²) < 4.78 is 0.762.